The lowest BCUT2D eigenvalue weighted by molar-refractivity contribution is -0.698. The zero-order chi connectivity index (χ0) is 26.7. The zero-order valence-corrected chi connectivity index (χ0v) is 26.0. The van der Waals surface area contributed by atoms with Gasteiger partial charge in [-0.2, -0.15) is 0 Å². The van der Waals surface area contributed by atoms with Gasteiger partial charge in [-0.1, -0.05) is 156 Å². The van der Waals surface area contributed by atoms with E-state index < -0.39 is 0 Å². The van der Waals surface area contributed by atoms with Crippen LogP contribution in [0.2, 0.25) is 0 Å². The van der Waals surface area contributed by atoms with Crippen molar-refractivity contribution in [3.8, 4) is 0 Å². The highest BCUT2D eigenvalue weighted by atomic mass is 14.9. The van der Waals surface area contributed by atoms with E-state index in [9.17, 15) is 0 Å². The van der Waals surface area contributed by atoms with Gasteiger partial charge >= 0.3 is 0 Å². The quantitative estimate of drug-likeness (QED) is 0.0773. The average Bonchev–Trinajstić information content (AvgIpc) is 2.90. The smallest absolute Gasteiger partial charge is 0.171 e. The second-order valence-electron chi connectivity index (χ2n) is 12.1. The maximum Gasteiger partial charge on any atom is 0.171 e. The third-order valence-corrected chi connectivity index (χ3v) is 8.19. The van der Waals surface area contributed by atoms with Crippen LogP contribution in [0.5, 0.6) is 0 Å². The number of aromatic nitrogens is 1. The Labute approximate surface area is 234 Å². The Kier molecular flexibility index (Phi) is 24.7. The van der Waals surface area contributed by atoms with Crippen molar-refractivity contribution < 1.29 is 4.57 Å². The molecule has 0 amide bonds. The van der Waals surface area contributed by atoms with Crippen LogP contribution >= 0.6 is 0 Å². The molecule has 0 saturated carbocycles. The second-order valence-corrected chi connectivity index (χ2v) is 12.1. The lowest BCUT2D eigenvalue weighted by Gasteiger charge is -2.07. The van der Waals surface area contributed by atoms with Gasteiger partial charge in [0.05, 0.1) is 0 Å². The van der Waals surface area contributed by atoms with Crippen molar-refractivity contribution in [2.75, 3.05) is 0 Å². The molecule has 0 radical (unpaired) electrons. The van der Waals surface area contributed by atoms with Gasteiger partial charge in [-0.15, -0.1) is 0 Å². The Morgan fingerprint density at radius 1 is 0.378 bits per heavy atom. The zero-order valence-electron chi connectivity index (χ0n) is 26.0. The molecule has 0 aromatic carbocycles. The Morgan fingerprint density at radius 3 is 1.03 bits per heavy atom. The first-order valence-corrected chi connectivity index (χ1v) is 17.3. The Bertz CT molecular complexity index is 560. The van der Waals surface area contributed by atoms with Gasteiger partial charge in [-0.25, -0.2) is 4.57 Å². The van der Waals surface area contributed by atoms with Gasteiger partial charge in [0.25, 0.3) is 0 Å². The highest BCUT2D eigenvalue weighted by molar-refractivity contribution is 5.15. The average molecular weight is 515 g/mol. The summed E-state index contributed by atoms with van der Waals surface area (Å²) in [5, 5.41) is 0. The van der Waals surface area contributed by atoms with Crippen molar-refractivity contribution in [3.05, 3.63) is 29.6 Å². The molecular formula is C36H68N+. The Balaban J connectivity index is 2.21. The molecule has 0 bridgehead atoms. The molecule has 0 atom stereocenters. The summed E-state index contributed by atoms with van der Waals surface area (Å²) < 4.78 is 2.55. The van der Waals surface area contributed by atoms with Crippen molar-refractivity contribution in [2.45, 2.75) is 201 Å². The van der Waals surface area contributed by atoms with Gasteiger partial charge in [-0.05, 0) is 38.2 Å². The van der Waals surface area contributed by atoms with Crippen LogP contribution in [0.3, 0.4) is 0 Å². The monoisotopic (exact) mass is 515 g/mol. The summed E-state index contributed by atoms with van der Waals surface area (Å²) in [6, 6.07) is 2.53. The molecular weight excluding hydrogens is 446 g/mol. The largest absolute Gasteiger partial charge is 0.205 e. The number of pyridine rings is 1. The normalized spacial score (nSPS) is 11.4. The van der Waals surface area contributed by atoms with Gasteiger partial charge in [0.1, 0.15) is 6.54 Å². The number of aryl methyl sites for hydroxylation is 3. The first kappa shape index (κ1) is 34.2. The van der Waals surface area contributed by atoms with Crippen LogP contribution in [-0.2, 0) is 19.4 Å². The fraction of sp³-hybridized carbons (Fsp3) is 0.861. The lowest BCUT2D eigenvalue weighted by atomic mass is 10.0. The first-order chi connectivity index (χ1) is 18.3. The van der Waals surface area contributed by atoms with Gasteiger partial charge in [0, 0.05) is 17.5 Å². The standard InChI is InChI=1S/C36H68N/c1-4-7-10-13-14-15-16-17-18-19-20-21-22-25-28-31-37-33-35(29-26-23-11-8-5-2)32-36(34-37)30-27-24-12-9-6-3/h32-34H,4-31H2,1-3H3/q+1. The van der Waals surface area contributed by atoms with Crippen LogP contribution in [-0.4, -0.2) is 0 Å². The van der Waals surface area contributed by atoms with Gasteiger partial charge < -0.3 is 0 Å². The molecule has 1 aromatic rings. The summed E-state index contributed by atoms with van der Waals surface area (Å²) >= 11 is 0. The van der Waals surface area contributed by atoms with Gasteiger partial charge in [-0.3, -0.25) is 0 Å². The molecule has 1 heterocycles. The predicted octanol–water partition coefficient (Wildman–Crippen LogP) is 11.9. The molecule has 1 heteroatoms. The molecule has 37 heavy (non-hydrogen) atoms. The Hall–Kier alpha value is -0.850. The van der Waals surface area contributed by atoms with Crippen molar-refractivity contribution in [1.82, 2.24) is 0 Å². The van der Waals surface area contributed by atoms with E-state index in [4.69, 9.17) is 0 Å². The van der Waals surface area contributed by atoms with Gasteiger partial charge in [0.15, 0.2) is 12.4 Å². The highest BCUT2D eigenvalue weighted by Crippen LogP contribution is 2.15. The van der Waals surface area contributed by atoms with E-state index in [-0.39, 0.29) is 0 Å². The summed E-state index contributed by atoms with van der Waals surface area (Å²) in [5.74, 6) is 0. The SMILES string of the molecule is CCCCCCCCCCCCCCCCC[n+]1cc(CCCCCCC)cc(CCCCCCC)c1. The van der Waals surface area contributed by atoms with Crippen molar-refractivity contribution in [1.29, 1.82) is 0 Å². The fourth-order valence-electron chi connectivity index (χ4n) is 5.71. The molecule has 216 valence electrons. The molecule has 0 spiro atoms. The molecule has 0 N–H and O–H groups in total. The van der Waals surface area contributed by atoms with E-state index in [2.05, 4.69) is 43.8 Å². The molecule has 0 unspecified atom stereocenters. The van der Waals surface area contributed by atoms with Crippen LogP contribution in [0.1, 0.15) is 192 Å². The van der Waals surface area contributed by atoms with Crippen LogP contribution in [0.25, 0.3) is 0 Å². The van der Waals surface area contributed by atoms with Crippen LogP contribution < -0.4 is 4.57 Å². The highest BCUT2D eigenvalue weighted by Gasteiger charge is 2.08. The maximum absolute atomic E-state index is 2.55. The minimum Gasteiger partial charge on any atom is -0.205 e. The van der Waals surface area contributed by atoms with Crippen molar-refractivity contribution in [2.24, 2.45) is 0 Å². The molecule has 1 rings (SSSR count). The first-order valence-electron chi connectivity index (χ1n) is 17.3. The number of hydrogen-bond acceptors (Lipinski definition) is 0. The number of nitrogens with zero attached hydrogens (tertiary/aromatic N) is 1. The van der Waals surface area contributed by atoms with Crippen LogP contribution in [0, 0.1) is 0 Å². The van der Waals surface area contributed by atoms with Crippen molar-refractivity contribution in [3.63, 3.8) is 0 Å². The van der Waals surface area contributed by atoms with E-state index in [1.165, 1.54) is 180 Å². The molecule has 0 saturated heterocycles. The summed E-state index contributed by atoms with van der Waals surface area (Å²) in [6.45, 7) is 8.14. The maximum atomic E-state index is 2.55. The van der Waals surface area contributed by atoms with E-state index >= 15 is 0 Å². The third kappa shape index (κ3) is 21.7. The summed E-state index contributed by atoms with van der Waals surface area (Å²) in [4.78, 5) is 0. The molecule has 1 nitrogen and oxygen atoms in total. The summed E-state index contributed by atoms with van der Waals surface area (Å²) in [5.41, 5.74) is 3.17. The lowest BCUT2D eigenvalue weighted by Crippen LogP contribution is -2.34. The second kappa shape index (κ2) is 26.7. The van der Waals surface area contributed by atoms with Gasteiger partial charge in [0.2, 0.25) is 0 Å². The van der Waals surface area contributed by atoms with Crippen LogP contribution in [0.4, 0.5) is 0 Å². The Morgan fingerprint density at radius 2 is 0.676 bits per heavy atom. The third-order valence-electron chi connectivity index (χ3n) is 8.19. The molecule has 0 fully saturated rings. The number of rotatable bonds is 28. The van der Waals surface area contributed by atoms with Crippen LogP contribution in [0.15, 0.2) is 18.5 Å². The van der Waals surface area contributed by atoms with Crippen molar-refractivity contribution >= 4 is 0 Å². The predicted molar refractivity (Wildman–Crippen MR) is 166 cm³/mol. The number of hydrogen-bond donors (Lipinski definition) is 0. The number of unbranched alkanes of at least 4 members (excludes halogenated alkanes) is 22. The van der Waals surface area contributed by atoms with E-state index in [0.717, 1.165) is 0 Å². The van der Waals surface area contributed by atoms with E-state index in [0.29, 0.717) is 0 Å². The van der Waals surface area contributed by atoms with E-state index in [1.807, 2.05) is 0 Å². The molecule has 1 aromatic heterocycles. The summed E-state index contributed by atoms with van der Waals surface area (Å²) in [7, 11) is 0. The topological polar surface area (TPSA) is 3.88 Å². The molecule has 0 aliphatic rings. The fourth-order valence-corrected chi connectivity index (χ4v) is 5.71. The molecule has 0 aliphatic carbocycles. The summed E-state index contributed by atoms with van der Waals surface area (Å²) in [6.07, 6.45) is 42.9. The van der Waals surface area contributed by atoms with E-state index in [1.54, 1.807) is 11.1 Å². The molecule has 0 aliphatic heterocycles. The minimum atomic E-state index is 1.21. The minimum absolute atomic E-state index is 1.21.